The number of methoxy groups -OCH3 is 1. The van der Waals surface area contributed by atoms with Crippen LogP contribution in [0, 0.1) is 6.92 Å². The molecule has 2 rings (SSSR count). The maximum atomic E-state index is 12.6. The monoisotopic (exact) mass is 390 g/mol. The zero-order valence-corrected chi connectivity index (χ0v) is 16.9. The van der Waals surface area contributed by atoms with Gasteiger partial charge in [-0.15, -0.1) is 0 Å². The standard InChI is InChI=1S/C20H26N2O4S/c1-14(2)22-20(23)19-13-18(10-5-15(19)3)27(24,25)21-12-11-16-6-8-17(26-4)9-7-16/h5-10,13-14,21H,11-12H2,1-4H3,(H,22,23). The van der Waals surface area contributed by atoms with E-state index in [0.717, 1.165) is 16.9 Å². The van der Waals surface area contributed by atoms with Crippen molar-refractivity contribution in [3.8, 4) is 5.75 Å². The number of carbonyl (C=O) groups is 1. The normalized spacial score (nSPS) is 11.4. The number of sulfonamides is 1. The first-order valence-electron chi connectivity index (χ1n) is 8.77. The molecule has 7 heteroatoms. The summed E-state index contributed by atoms with van der Waals surface area (Å²) in [6, 6.07) is 12.0. The Labute approximate surface area is 161 Å². The molecule has 0 heterocycles. The third-order valence-electron chi connectivity index (χ3n) is 4.05. The molecule has 0 bridgehead atoms. The van der Waals surface area contributed by atoms with Crippen molar-refractivity contribution in [3.05, 3.63) is 59.2 Å². The van der Waals surface area contributed by atoms with E-state index in [1.807, 2.05) is 38.1 Å². The molecule has 0 radical (unpaired) electrons. The molecule has 0 fully saturated rings. The summed E-state index contributed by atoms with van der Waals surface area (Å²) in [5.74, 6) is 0.476. The van der Waals surface area contributed by atoms with Crippen LogP contribution in [0.5, 0.6) is 5.75 Å². The zero-order chi connectivity index (χ0) is 20.0. The number of carbonyl (C=O) groups excluding carboxylic acids is 1. The predicted octanol–water partition coefficient (Wildman–Crippen LogP) is 2.66. The van der Waals surface area contributed by atoms with Crippen LogP contribution in [0.2, 0.25) is 0 Å². The molecule has 2 N–H and O–H groups in total. The van der Waals surface area contributed by atoms with Gasteiger partial charge in [-0.25, -0.2) is 13.1 Å². The van der Waals surface area contributed by atoms with Crippen molar-refractivity contribution >= 4 is 15.9 Å². The maximum absolute atomic E-state index is 12.6. The Bertz CT molecular complexity index is 891. The molecule has 0 atom stereocenters. The summed E-state index contributed by atoms with van der Waals surface area (Å²) < 4.78 is 32.8. The second kappa shape index (κ2) is 9.01. The Morgan fingerprint density at radius 2 is 1.78 bits per heavy atom. The van der Waals surface area contributed by atoms with Crippen LogP contribution in [-0.2, 0) is 16.4 Å². The number of aryl methyl sites for hydroxylation is 1. The molecule has 27 heavy (non-hydrogen) atoms. The summed E-state index contributed by atoms with van der Waals surface area (Å²) in [5, 5.41) is 2.79. The zero-order valence-electron chi connectivity index (χ0n) is 16.1. The van der Waals surface area contributed by atoms with Crippen molar-refractivity contribution in [1.29, 1.82) is 0 Å². The van der Waals surface area contributed by atoms with Crippen molar-refractivity contribution in [2.24, 2.45) is 0 Å². The molecule has 0 aliphatic heterocycles. The van der Waals surface area contributed by atoms with E-state index in [1.54, 1.807) is 20.1 Å². The molecule has 1 amide bonds. The van der Waals surface area contributed by atoms with Crippen molar-refractivity contribution in [2.75, 3.05) is 13.7 Å². The van der Waals surface area contributed by atoms with Crippen LogP contribution >= 0.6 is 0 Å². The van der Waals surface area contributed by atoms with Gasteiger partial charge in [0.25, 0.3) is 5.91 Å². The van der Waals surface area contributed by atoms with Gasteiger partial charge >= 0.3 is 0 Å². The van der Waals surface area contributed by atoms with Gasteiger partial charge in [0, 0.05) is 18.2 Å². The van der Waals surface area contributed by atoms with E-state index in [0.29, 0.717) is 12.0 Å². The Kier molecular flexibility index (Phi) is 6.98. The fourth-order valence-electron chi connectivity index (χ4n) is 2.56. The lowest BCUT2D eigenvalue weighted by molar-refractivity contribution is 0.0942. The highest BCUT2D eigenvalue weighted by Crippen LogP contribution is 2.16. The van der Waals surface area contributed by atoms with Crippen molar-refractivity contribution in [1.82, 2.24) is 10.0 Å². The highest BCUT2D eigenvalue weighted by atomic mass is 32.2. The summed E-state index contributed by atoms with van der Waals surface area (Å²) >= 11 is 0. The third-order valence-corrected chi connectivity index (χ3v) is 5.51. The molecule has 146 valence electrons. The first kappa shape index (κ1) is 20.9. The van der Waals surface area contributed by atoms with Gasteiger partial charge in [-0.3, -0.25) is 4.79 Å². The van der Waals surface area contributed by atoms with Crippen LogP contribution in [0.25, 0.3) is 0 Å². The van der Waals surface area contributed by atoms with Gasteiger partial charge < -0.3 is 10.1 Å². The fraction of sp³-hybridized carbons (Fsp3) is 0.350. The molecule has 2 aromatic carbocycles. The molecule has 0 saturated carbocycles. The van der Waals surface area contributed by atoms with Crippen LogP contribution in [0.4, 0.5) is 0 Å². The number of hydrogen-bond acceptors (Lipinski definition) is 4. The summed E-state index contributed by atoms with van der Waals surface area (Å²) in [6.45, 7) is 5.75. The lowest BCUT2D eigenvalue weighted by Gasteiger charge is -2.13. The quantitative estimate of drug-likeness (QED) is 0.726. The molecule has 6 nitrogen and oxygen atoms in total. The average Bonchev–Trinajstić information content (AvgIpc) is 2.61. The number of benzene rings is 2. The SMILES string of the molecule is COc1ccc(CCNS(=O)(=O)c2ccc(C)c(C(=O)NC(C)C)c2)cc1. The van der Waals surface area contributed by atoms with Gasteiger partial charge in [0.1, 0.15) is 5.75 Å². The van der Waals surface area contributed by atoms with Crippen LogP contribution in [0.3, 0.4) is 0 Å². The summed E-state index contributed by atoms with van der Waals surface area (Å²) in [5.41, 5.74) is 2.09. The topological polar surface area (TPSA) is 84.5 Å². The number of ether oxygens (including phenoxy) is 1. The minimum Gasteiger partial charge on any atom is -0.497 e. The summed E-state index contributed by atoms with van der Waals surface area (Å²) in [6.07, 6.45) is 0.551. The highest BCUT2D eigenvalue weighted by Gasteiger charge is 2.18. The highest BCUT2D eigenvalue weighted by molar-refractivity contribution is 7.89. The van der Waals surface area contributed by atoms with Crippen LogP contribution in [-0.4, -0.2) is 34.0 Å². The Morgan fingerprint density at radius 3 is 2.37 bits per heavy atom. The van der Waals surface area contributed by atoms with Crippen molar-refractivity contribution in [3.63, 3.8) is 0 Å². The van der Waals surface area contributed by atoms with Gasteiger partial charge in [0.05, 0.1) is 12.0 Å². The smallest absolute Gasteiger partial charge is 0.251 e. The number of rotatable bonds is 8. The second-order valence-electron chi connectivity index (χ2n) is 6.60. The van der Waals surface area contributed by atoms with Crippen molar-refractivity contribution < 1.29 is 17.9 Å². The minimum absolute atomic E-state index is 0.0280. The molecular formula is C20H26N2O4S. The van der Waals surface area contributed by atoms with E-state index >= 15 is 0 Å². The Balaban J connectivity index is 2.07. The van der Waals surface area contributed by atoms with Gasteiger partial charge in [-0.05, 0) is 62.6 Å². The number of nitrogens with one attached hydrogen (secondary N) is 2. The van der Waals surface area contributed by atoms with E-state index < -0.39 is 10.0 Å². The molecule has 0 spiro atoms. The minimum atomic E-state index is -3.70. The molecule has 0 aliphatic rings. The second-order valence-corrected chi connectivity index (χ2v) is 8.37. The lowest BCUT2D eigenvalue weighted by atomic mass is 10.1. The van der Waals surface area contributed by atoms with E-state index in [2.05, 4.69) is 10.0 Å². The molecule has 0 aromatic heterocycles. The van der Waals surface area contributed by atoms with Gasteiger partial charge in [-0.1, -0.05) is 18.2 Å². The first-order valence-corrected chi connectivity index (χ1v) is 10.3. The third kappa shape index (κ3) is 5.80. The van der Waals surface area contributed by atoms with E-state index in [1.165, 1.54) is 12.1 Å². The summed E-state index contributed by atoms with van der Waals surface area (Å²) in [4.78, 5) is 12.4. The molecule has 0 saturated heterocycles. The molecule has 0 aliphatic carbocycles. The Morgan fingerprint density at radius 1 is 1.11 bits per heavy atom. The number of amides is 1. The molecular weight excluding hydrogens is 364 g/mol. The predicted molar refractivity (Wildman–Crippen MR) is 106 cm³/mol. The van der Waals surface area contributed by atoms with E-state index in [-0.39, 0.29) is 23.4 Å². The fourth-order valence-corrected chi connectivity index (χ4v) is 3.62. The molecule has 0 unspecified atom stereocenters. The van der Waals surface area contributed by atoms with Crippen LogP contribution < -0.4 is 14.8 Å². The van der Waals surface area contributed by atoms with Crippen LogP contribution in [0.1, 0.15) is 35.3 Å². The van der Waals surface area contributed by atoms with Crippen molar-refractivity contribution in [2.45, 2.75) is 38.1 Å². The van der Waals surface area contributed by atoms with Gasteiger partial charge in [0.15, 0.2) is 0 Å². The van der Waals surface area contributed by atoms with Gasteiger partial charge in [-0.2, -0.15) is 0 Å². The maximum Gasteiger partial charge on any atom is 0.251 e. The first-order chi connectivity index (χ1) is 12.7. The Hall–Kier alpha value is -2.38. The largest absolute Gasteiger partial charge is 0.497 e. The lowest BCUT2D eigenvalue weighted by Crippen LogP contribution is -2.31. The summed E-state index contributed by atoms with van der Waals surface area (Å²) in [7, 11) is -2.10. The van der Waals surface area contributed by atoms with E-state index in [4.69, 9.17) is 4.74 Å². The average molecular weight is 391 g/mol. The van der Waals surface area contributed by atoms with Crippen LogP contribution in [0.15, 0.2) is 47.4 Å². The molecule has 2 aromatic rings. The van der Waals surface area contributed by atoms with Gasteiger partial charge in [0.2, 0.25) is 10.0 Å². The van der Waals surface area contributed by atoms with E-state index in [9.17, 15) is 13.2 Å². The number of hydrogen-bond donors (Lipinski definition) is 2.